The average Bonchev–Trinajstić information content (AvgIpc) is 2.61. The first-order valence-electron chi connectivity index (χ1n) is 5.81. The van der Waals surface area contributed by atoms with Gasteiger partial charge in [-0.05, 0) is 26.3 Å². The molecule has 1 heterocycles. The maximum Gasteiger partial charge on any atom is 0.0704 e. The van der Waals surface area contributed by atoms with Crippen LogP contribution in [0, 0.1) is 0 Å². The quantitative estimate of drug-likeness (QED) is 0.519. The molecular weight excluding hydrogens is 190 g/mol. The van der Waals surface area contributed by atoms with Gasteiger partial charge in [-0.15, -0.1) is 0 Å². The molecule has 86 valence electrons. The van der Waals surface area contributed by atoms with Gasteiger partial charge in [-0.3, -0.25) is 4.90 Å². The van der Waals surface area contributed by atoms with E-state index in [0.29, 0.717) is 18.8 Å². The number of methoxy groups -OCH3 is 1. The summed E-state index contributed by atoms with van der Waals surface area (Å²) >= 11 is 0. The SMILES string of the molecule is COCCO[C@H]1CC=C2CCN(C)[C@H]2C1. The number of hydrogen-bond acceptors (Lipinski definition) is 3. The number of hydrogen-bond donors (Lipinski definition) is 0. The lowest BCUT2D eigenvalue weighted by Crippen LogP contribution is -2.33. The van der Waals surface area contributed by atoms with Crippen molar-refractivity contribution < 1.29 is 9.47 Å². The van der Waals surface area contributed by atoms with Gasteiger partial charge in [0.15, 0.2) is 0 Å². The molecule has 2 rings (SSSR count). The van der Waals surface area contributed by atoms with Crippen molar-refractivity contribution in [2.75, 3.05) is 33.9 Å². The topological polar surface area (TPSA) is 21.7 Å². The number of likely N-dealkylation sites (N-methyl/N-ethyl adjacent to an activating group) is 1. The Bertz CT molecular complexity index is 240. The van der Waals surface area contributed by atoms with Crippen LogP contribution in [0.25, 0.3) is 0 Å². The van der Waals surface area contributed by atoms with Crippen LogP contribution in [0.2, 0.25) is 0 Å². The Morgan fingerprint density at radius 1 is 1.47 bits per heavy atom. The summed E-state index contributed by atoms with van der Waals surface area (Å²) in [5.74, 6) is 0. The van der Waals surface area contributed by atoms with Gasteiger partial charge in [-0.2, -0.15) is 0 Å². The molecule has 1 saturated heterocycles. The molecule has 1 fully saturated rings. The average molecular weight is 211 g/mol. The molecule has 1 aliphatic heterocycles. The lowest BCUT2D eigenvalue weighted by Gasteiger charge is -2.29. The third kappa shape index (κ3) is 2.60. The van der Waals surface area contributed by atoms with Gasteiger partial charge in [0, 0.05) is 19.7 Å². The normalized spacial score (nSPS) is 31.5. The van der Waals surface area contributed by atoms with Crippen LogP contribution in [0.15, 0.2) is 11.6 Å². The Hall–Kier alpha value is -0.380. The summed E-state index contributed by atoms with van der Waals surface area (Å²) in [6.07, 6.45) is 6.28. The van der Waals surface area contributed by atoms with Gasteiger partial charge in [-0.1, -0.05) is 11.6 Å². The van der Waals surface area contributed by atoms with Crippen molar-refractivity contribution in [2.45, 2.75) is 31.4 Å². The van der Waals surface area contributed by atoms with Crippen LogP contribution < -0.4 is 0 Å². The zero-order chi connectivity index (χ0) is 10.7. The van der Waals surface area contributed by atoms with Crippen LogP contribution in [0.1, 0.15) is 19.3 Å². The van der Waals surface area contributed by atoms with E-state index in [2.05, 4.69) is 18.0 Å². The highest BCUT2D eigenvalue weighted by Gasteiger charge is 2.31. The van der Waals surface area contributed by atoms with Crippen LogP contribution in [-0.4, -0.2) is 51.0 Å². The van der Waals surface area contributed by atoms with Gasteiger partial charge in [0.25, 0.3) is 0 Å². The first kappa shape index (κ1) is 11.1. The summed E-state index contributed by atoms with van der Waals surface area (Å²) in [6.45, 7) is 2.63. The zero-order valence-electron chi connectivity index (χ0n) is 9.74. The lowest BCUT2D eigenvalue weighted by atomic mass is 9.93. The van der Waals surface area contributed by atoms with Crippen molar-refractivity contribution in [1.82, 2.24) is 4.90 Å². The molecule has 3 nitrogen and oxygen atoms in total. The smallest absolute Gasteiger partial charge is 0.0704 e. The number of nitrogens with zero attached hydrogens (tertiary/aromatic N) is 1. The van der Waals surface area contributed by atoms with E-state index >= 15 is 0 Å². The van der Waals surface area contributed by atoms with E-state index in [0.717, 1.165) is 19.4 Å². The highest BCUT2D eigenvalue weighted by Crippen LogP contribution is 2.31. The lowest BCUT2D eigenvalue weighted by molar-refractivity contribution is 0.00443. The third-order valence-electron chi connectivity index (χ3n) is 3.48. The van der Waals surface area contributed by atoms with Crippen LogP contribution in [0.4, 0.5) is 0 Å². The number of ether oxygens (including phenoxy) is 2. The van der Waals surface area contributed by atoms with Gasteiger partial charge in [-0.25, -0.2) is 0 Å². The fourth-order valence-corrected chi connectivity index (χ4v) is 2.54. The van der Waals surface area contributed by atoms with E-state index in [1.165, 1.54) is 13.0 Å². The Balaban J connectivity index is 1.82. The molecule has 0 amide bonds. The predicted octanol–water partition coefficient (Wildman–Crippen LogP) is 1.44. The molecule has 2 aliphatic rings. The van der Waals surface area contributed by atoms with Crippen molar-refractivity contribution in [3.05, 3.63) is 11.6 Å². The molecule has 0 aromatic heterocycles. The minimum absolute atomic E-state index is 0.398. The minimum Gasteiger partial charge on any atom is -0.382 e. The maximum absolute atomic E-state index is 5.78. The fraction of sp³-hybridized carbons (Fsp3) is 0.833. The summed E-state index contributed by atoms with van der Waals surface area (Å²) in [5, 5.41) is 0. The fourth-order valence-electron chi connectivity index (χ4n) is 2.54. The van der Waals surface area contributed by atoms with Crippen molar-refractivity contribution in [1.29, 1.82) is 0 Å². The van der Waals surface area contributed by atoms with Crippen LogP contribution in [0.5, 0.6) is 0 Å². The van der Waals surface area contributed by atoms with Crippen LogP contribution in [-0.2, 0) is 9.47 Å². The molecule has 0 aromatic rings. The second kappa shape index (κ2) is 5.10. The van der Waals surface area contributed by atoms with Gasteiger partial charge < -0.3 is 9.47 Å². The third-order valence-corrected chi connectivity index (χ3v) is 3.48. The van der Waals surface area contributed by atoms with Gasteiger partial charge >= 0.3 is 0 Å². The number of likely N-dealkylation sites (tertiary alicyclic amines) is 1. The minimum atomic E-state index is 0.398. The van der Waals surface area contributed by atoms with E-state index in [1.54, 1.807) is 12.7 Å². The molecule has 0 bridgehead atoms. The zero-order valence-corrected chi connectivity index (χ0v) is 9.74. The highest BCUT2D eigenvalue weighted by atomic mass is 16.5. The second-order valence-electron chi connectivity index (χ2n) is 4.48. The summed E-state index contributed by atoms with van der Waals surface area (Å²) in [7, 11) is 3.93. The number of rotatable bonds is 4. The van der Waals surface area contributed by atoms with Crippen molar-refractivity contribution >= 4 is 0 Å². The standard InChI is InChI=1S/C12H21NO2/c1-13-6-5-10-3-4-11(9-12(10)13)15-8-7-14-2/h3,11-12H,4-9H2,1-2H3/t11-,12-/m0/s1. The number of fused-ring (bicyclic) bond motifs is 1. The molecule has 0 unspecified atom stereocenters. The van der Waals surface area contributed by atoms with Gasteiger partial charge in [0.2, 0.25) is 0 Å². The largest absolute Gasteiger partial charge is 0.382 e. The Kier molecular flexibility index (Phi) is 3.78. The Morgan fingerprint density at radius 3 is 3.13 bits per heavy atom. The highest BCUT2D eigenvalue weighted by molar-refractivity contribution is 5.20. The molecule has 0 N–H and O–H groups in total. The van der Waals surface area contributed by atoms with Crippen molar-refractivity contribution in [3.63, 3.8) is 0 Å². The molecule has 1 aliphatic carbocycles. The Labute approximate surface area is 92.0 Å². The van der Waals surface area contributed by atoms with Crippen LogP contribution >= 0.6 is 0 Å². The van der Waals surface area contributed by atoms with E-state index in [9.17, 15) is 0 Å². The van der Waals surface area contributed by atoms with Crippen molar-refractivity contribution in [3.8, 4) is 0 Å². The van der Waals surface area contributed by atoms with E-state index in [1.807, 2.05) is 0 Å². The molecule has 3 heteroatoms. The predicted molar refractivity (Wildman–Crippen MR) is 60.0 cm³/mol. The first-order chi connectivity index (χ1) is 7.31. The molecule has 0 saturated carbocycles. The van der Waals surface area contributed by atoms with E-state index in [-0.39, 0.29) is 0 Å². The summed E-state index contributed by atoms with van der Waals surface area (Å²) < 4.78 is 10.8. The maximum atomic E-state index is 5.78. The molecule has 2 atom stereocenters. The van der Waals surface area contributed by atoms with Gasteiger partial charge in [0.1, 0.15) is 0 Å². The van der Waals surface area contributed by atoms with Crippen LogP contribution in [0.3, 0.4) is 0 Å². The summed E-state index contributed by atoms with van der Waals surface area (Å²) in [4.78, 5) is 2.44. The second-order valence-corrected chi connectivity index (χ2v) is 4.48. The summed E-state index contributed by atoms with van der Waals surface area (Å²) in [6, 6.07) is 0.645. The molecule has 15 heavy (non-hydrogen) atoms. The van der Waals surface area contributed by atoms with Crippen molar-refractivity contribution in [2.24, 2.45) is 0 Å². The summed E-state index contributed by atoms with van der Waals surface area (Å²) in [5.41, 5.74) is 1.63. The monoisotopic (exact) mass is 211 g/mol. The van der Waals surface area contributed by atoms with E-state index < -0.39 is 0 Å². The first-order valence-corrected chi connectivity index (χ1v) is 5.81. The molecule has 0 aromatic carbocycles. The van der Waals surface area contributed by atoms with Gasteiger partial charge in [0.05, 0.1) is 19.3 Å². The Morgan fingerprint density at radius 2 is 2.33 bits per heavy atom. The molecular formula is C12H21NO2. The molecule has 0 spiro atoms. The van der Waals surface area contributed by atoms with E-state index in [4.69, 9.17) is 9.47 Å². The molecule has 0 radical (unpaired) electrons.